The van der Waals surface area contributed by atoms with E-state index in [9.17, 15) is 8.42 Å². The van der Waals surface area contributed by atoms with Crippen LogP contribution >= 0.6 is 23.2 Å². The highest BCUT2D eigenvalue weighted by molar-refractivity contribution is 7.91. The summed E-state index contributed by atoms with van der Waals surface area (Å²) in [5.41, 5.74) is 1.63. The molecule has 0 bridgehead atoms. The summed E-state index contributed by atoms with van der Waals surface area (Å²) in [4.78, 5) is 4.47. The van der Waals surface area contributed by atoms with Crippen molar-refractivity contribution in [2.75, 3.05) is 64.4 Å². The molecular formula is C22H30Cl2N2O6S. The second kappa shape index (κ2) is 15.5. The van der Waals surface area contributed by atoms with Gasteiger partial charge in [0.1, 0.15) is 12.4 Å². The first-order valence-electron chi connectivity index (χ1n) is 10.6. The van der Waals surface area contributed by atoms with Gasteiger partial charge in [-0.3, -0.25) is 0 Å². The molecule has 0 N–H and O–H groups in total. The molecule has 8 nitrogen and oxygen atoms in total. The fraction of sp³-hybridized carbons (Fsp3) is 0.591. The standard InChI is InChI=1S/C22H30Cl2N2O6S/c1-2-7-29-8-9-30-10-11-31-12-13-32-14-16-33(27,28)15-3-6-26-21-5-4-19(24)17-20(21)25-22(26)18-23/h1,4-5,17H,3,6-16,18H2. The predicted octanol–water partition coefficient (Wildman–Crippen LogP) is 2.93. The Morgan fingerprint density at radius 2 is 1.61 bits per heavy atom. The molecule has 0 unspecified atom stereocenters. The number of aromatic nitrogens is 2. The van der Waals surface area contributed by atoms with E-state index >= 15 is 0 Å². The van der Waals surface area contributed by atoms with E-state index in [1.54, 1.807) is 12.1 Å². The summed E-state index contributed by atoms with van der Waals surface area (Å²) in [5.74, 6) is 3.33. The highest BCUT2D eigenvalue weighted by Gasteiger charge is 2.14. The fourth-order valence-corrected chi connectivity index (χ4v) is 4.54. The van der Waals surface area contributed by atoms with E-state index in [1.807, 2.05) is 10.6 Å². The Labute approximate surface area is 205 Å². The second-order valence-electron chi connectivity index (χ2n) is 7.05. The molecule has 1 aromatic heterocycles. The van der Waals surface area contributed by atoms with Gasteiger partial charge in [0.25, 0.3) is 0 Å². The van der Waals surface area contributed by atoms with Crippen molar-refractivity contribution in [2.24, 2.45) is 0 Å². The summed E-state index contributed by atoms with van der Waals surface area (Å²) in [5, 5.41) is 0.594. The van der Waals surface area contributed by atoms with Crippen LogP contribution in [0, 0.1) is 12.3 Å². The van der Waals surface area contributed by atoms with E-state index in [0.29, 0.717) is 63.5 Å². The van der Waals surface area contributed by atoms with Gasteiger partial charge < -0.3 is 23.5 Å². The molecule has 2 aromatic rings. The Morgan fingerprint density at radius 1 is 0.970 bits per heavy atom. The maximum Gasteiger partial charge on any atom is 0.152 e. The summed E-state index contributed by atoms with van der Waals surface area (Å²) in [6.45, 7) is 3.38. The van der Waals surface area contributed by atoms with Crippen LogP contribution in [0.25, 0.3) is 11.0 Å². The number of ether oxygens (including phenoxy) is 4. The van der Waals surface area contributed by atoms with E-state index < -0.39 is 9.84 Å². The number of hydrogen-bond donors (Lipinski definition) is 0. The summed E-state index contributed by atoms with van der Waals surface area (Å²) >= 11 is 12.0. The minimum Gasteiger partial charge on any atom is -0.378 e. The van der Waals surface area contributed by atoms with Crippen LogP contribution in [0.5, 0.6) is 0 Å². The van der Waals surface area contributed by atoms with Crippen molar-refractivity contribution in [1.29, 1.82) is 0 Å². The molecule has 0 aliphatic heterocycles. The van der Waals surface area contributed by atoms with E-state index in [0.717, 1.165) is 11.0 Å². The first kappa shape index (κ1) is 27.9. The van der Waals surface area contributed by atoms with Crippen molar-refractivity contribution in [2.45, 2.75) is 18.8 Å². The van der Waals surface area contributed by atoms with E-state index in [-0.39, 0.29) is 30.6 Å². The number of rotatable bonds is 18. The lowest BCUT2D eigenvalue weighted by atomic mass is 10.3. The number of terminal acetylenes is 1. The van der Waals surface area contributed by atoms with Gasteiger partial charge in [-0.15, -0.1) is 18.0 Å². The van der Waals surface area contributed by atoms with Crippen LogP contribution in [-0.4, -0.2) is 82.3 Å². The van der Waals surface area contributed by atoms with Crippen LogP contribution in [0.15, 0.2) is 18.2 Å². The zero-order valence-electron chi connectivity index (χ0n) is 18.5. The number of fused-ring (bicyclic) bond motifs is 1. The first-order valence-corrected chi connectivity index (χ1v) is 13.4. The van der Waals surface area contributed by atoms with Crippen LogP contribution in [0.4, 0.5) is 0 Å². The van der Waals surface area contributed by atoms with Crippen LogP contribution in [0.1, 0.15) is 12.2 Å². The number of imidazole rings is 1. The SMILES string of the molecule is C#CCOCCOCCOCCOCCS(=O)(=O)CCCn1c(CCl)nc2cc(Cl)ccc21. The molecule has 1 aromatic carbocycles. The lowest BCUT2D eigenvalue weighted by molar-refractivity contribution is 0.00302. The highest BCUT2D eigenvalue weighted by Crippen LogP contribution is 2.22. The molecule has 1 heterocycles. The van der Waals surface area contributed by atoms with Gasteiger partial charge in [-0.25, -0.2) is 13.4 Å². The van der Waals surface area contributed by atoms with Crippen molar-refractivity contribution >= 4 is 44.1 Å². The van der Waals surface area contributed by atoms with Crippen molar-refractivity contribution in [3.8, 4) is 12.3 Å². The zero-order valence-corrected chi connectivity index (χ0v) is 20.8. The minimum absolute atomic E-state index is 0.0313. The Hall–Kier alpha value is -1.38. The van der Waals surface area contributed by atoms with Crippen LogP contribution in [0.3, 0.4) is 0 Å². The van der Waals surface area contributed by atoms with Gasteiger partial charge in [0.05, 0.1) is 74.7 Å². The lowest BCUT2D eigenvalue weighted by Gasteiger charge is -2.09. The van der Waals surface area contributed by atoms with Gasteiger partial charge in [0.2, 0.25) is 0 Å². The molecule has 0 amide bonds. The third-order valence-corrected chi connectivity index (χ3v) is 6.76. The number of nitrogens with zero attached hydrogens (tertiary/aromatic N) is 2. The lowest BCUT2D eigenvalue weighted by Crippen LogP contribution is -2.19. The van der Waals surface area contributed by atoms with E-state index in [1.165, 1.54) is 0 Å². The van der Waals surface area contributed by atoms with Gasteiger partial charge in [0, 0.05) is 11.6 Å². The number of alkyl halides is 1. The average molecular weight is 521 g/mol. The maximum atomic E-state index is 12.3. The Bertz CT molecular complexity index is 991. The molecule has 33 heavy (non-hydrogen) atoms. The van der Waals surface area contributed by atoms with E-state index in [4.69, 9.17) is 48.6 Å². The molecule has 0 saturated heterocycles. The third kappa shape index (κ3) is 10.6. The van der Waals surface area contributed by atoms with Gasteiger partial charge in [-0.1, -0.05) is 17.5 Å². The van der Waals surface area contributed by atoms with Crippen LogP contribution in [0.2, 0.25) is 5.02 Å². The minimum atomic E-state index is -3.23. The summed E-state index contributed by atoms with van der Waals surface area (Å²) in [7, 11) is -3.23. The molecule has 184 valence electrons. The third-order valence-electron chi connectivity index (χ3n) is 4.59. The number of sulfone groups is 1. The average Bonchev–Trinajstić information content (AvgIpc) is 3.13. The molecule has 2 rings (SSSR count). The van der Waals surface area contributed by atoms with Crippen LogP contribution in [-0.2, 0) is 41.2 Å². The van der Waals surface area contributed by atoms with Gasteiger partial charge in [0.15, 0.2) is 9.84 Å². The van der Waals surface area contributed by atoms with Gasteiger partial charge in [-0.05, 0) is 24.6 Å². The summed E-state index contributed by atoms with van der Waals surface area (Å²) in [6, 6.07) is 5.42. The summed E-state index contributed by atoms with van der Waals surface area (Å²) < 4.78 is 47.7. The van der Waals surface area contributed by atoms with Gasteiger partial charge in [-0.2, -0.15) is 0 Å². The van der Waals surface area contributed by atoms with Crippen molar-refractivity contribution in [3.63, 3.8) is 0 Å². The Balaban J connectivity index is 1.56. The molecule has 0 spiro atoms. The topological polar surface area (TPSA) is 88.9 Å². The largest absolute Gasteiger partial charge is 0.378 e. The summed E-state index contributed by atoms with van der Waals surface area (Å²) in [6.07, 6.45) is 5.52. The second-order valence-corrected chi connectivity index (χ2v) is 10.1. The number of aryl methyl sites for hydroxylation is 1. The van der Waals surface area contributed by atoms with Crippen LogP contribution < -0.4 is 0 Å². The molecule has 0 saturated carbocycles. The molecule has 0 atom stereocenters. The van der Waals surface area contributed by atoms with Crippen molar-refractivity contribution < 1.29 is 27.4 Å². The highest BCUT2D eigenvalue weighted by atomic mass is 35.5. The quantitative estimate of drug-likeness (QED) is 0.169. The molecule has 11 heteroatoms. The predicted molar refractivity (Wildman–Crippen MR) is 130 cm³/mol. The molecule has 0 aliphatic rings. The normalized spacial score (nSPS) is 11.8. The Morgan fingerprint density at radius 3 is 2.24 bits per heavy atom. The molecule has 0 radical (unpaired) electrons. The number of halogens is 2. The smallest absolute Gasteiger partial charge is 0.152 e. The number of hydrogen-bond acceptors (Lipinski definition) is 7. The van der Waals surface area contributed by atoms with Crippen molar-refractivity contribution in [3.05, 3.63) is 29.0 Å². The monoisotopic (exact) mass is 520 g/mol. The molecule has 0 aliphatic carbocycles. The Kier molecular flexibility index (Phi) is 13.1. The maximum absolute atomic E-state index is 12.3. The van der Waals surface area contributed by atoms with E-state index in [2.05, 4.69) is 10.9 Å². The number of benzene rings is 1. The fourth-order valence-electron chi connectivity index (χ4n) is 3.03. The zero-order chi connectivity index (χ0) is 23.9. The van der Waals surface area contributed by atoms with Gasteiger partial charge >= 0.3 is 0 Å². The van der Waals surface area contributed by atoms with Crippen molar-refractivity contribution in [1.82, 2.24) is 9.55 Å². The molecule has 0 fully saturated rings. The first-order chi connectivity index (χ1) is 16.0. The molecular weight excluding hydrogens is 491 g/mol.